The van der Waals surface area contributed by atoms with E-state index in [1.54, 1.807) is 11.3 Å². The van der Waals surface area contributed by atoms with Crippen LogP contribution < -0.4 is 5.43 Å². The van der Waals surface area contributed by atoms with Gasteiger partial charge >= 0.3 is 0 Å². The minimum atomic E-state index is -0.144. The first-order valence-electron chi connectivity index (χ1n) is 9.16. The van der Waals surface area contributed by atoms with E-state index in [9.17, 15) is 4.79 Å². The van der Waals surface area contributed by atoms with Gasteiger partial charge in [-0.2, -0.15) is 5.10 Å². The van der Waals surface area contributed by atoms with Crippen molar-refractivity contribution in [3.8, 4) is 11.1 Å². The van der Waals surface area contributed by atoms with Gasteiger partial charge in [0.05, 0.1) is 21.7 Å². The lowest BCUT2D eigenvalue weighted by Crippen LogP contribution is -2.21. The molecule has 1 heterocycles. The summed E-state index contributed by atoms with van der Waals surface area (Å²) in [5.74, 6) is 0.137. The maximum atomic E-state index is 12.1. The van der Waals surface area contributed by atoms with Gasteiger partial charge in [-0.25, -0.2) is 10.4 Å². The van der Waals surface area contributed by atoms with Gasteiger partial charge in [-0.3, -0.25) is 4.79 Å². The molecule has 0 atom stereocenters. The quantitative estimate of drug-likeness (QED) is 0.253. The zero-order valence-electron chi connectivity index (χ0n) is 15.8. The molecule has 1 N–H and O–H groups in total. The van der Waals surface area contributed by atoms with Crippen LogP contribution in [0.3, 0.4) is 0 Å². The number of carbonyl (C=O) groups excluding carboxylic acids is 1. The number of hydrogen-bond donors (Lipinski definition) is 1. The summed E-state index contributed by atoms with van der Waals surface area (Å²) < 4.78 is 2.02. The molecule has 0 bridgehead atoms. The van der Waals surface area contributed by atoms with Crippen LogP contribution in [0.25, 0.3) is 21.3 Å². The summed E-state index contributed by atoms with van der Waals surface area (Å²) in [7, 11) is 0. The highest BCUT2D eigenvalue weighted by atomic mass is 32.2. The number of benzene rings is 3. The highest BCUT2D eigenvalue weighted by Gasteiger charge is 2.07. The standard InChI is InChI=1S/C23H19N3OS2/c1-16(17-11-13-19(14-12-17)18-7-3-2-4-8-18)25-26-22(27)15-28-23-24-20-9-5-6-10-21(20)29-23/h2-14H,15H2,1H3,(H,26,27)/b25-16+. The Morgan fingerprint density at radius 3 is 2.41 bits per heavy atom. The van der Waals surface area contributed by atoms with Crippen LogP contribution >= 0.6 is 23.1 Å². The monoisotopic (exact) mass is 417 g/mol. The summed E-state index contributed by atoms with van der Waals surface area (Å²) >= 11 is 3.02. The van der Waals surface area contributed by atoms with Crippen molar-refractivity contribution >= 4 is 44.9 Å². The van der Waals surface area contributed by atoms with E-state index in [4.69, 9.17) is 0 Å². The largest absolute Gasteiger partial charge is 0.272 e. The molecule has 0 fully saturated rings. The average molecular weight is 418 g/mol. The van der Waals surface area contributed by atoms with Crippen molar-refractivity contribution in [2.45, 2.75) is 11.3 Å². The van der Waals surface area contributed by atoms with Gasteiger partial charge < -0.3 is 0 Å². The van der Waals surface area contributed by atoms with Gasteiger partial charge in [-0.15, -0.1) is 11.3 Å². The van der Waals surface area contributed by atoms with Crippen molar-refractivity contribution in [3.63, 3.8) is 0 Å². The van der Waals surface area contributed by atoms with Gasteiger partial charge in [0.25, 0.3) is 5.91 Å². The van der Waals surface area contributed by atoms with E-state index in [0.717, 1.165) is 31.4 Å². The number of hydrogen-bond acceptors (Lipinski definition) is 5. The molecule has 6 heteroatoms. The lowest BCUT2D eigenvalue weighted by Gasteiger charge is -2.05. The van der Waals surface area contributed by atoms with E-state index in [2.05, 4.69) is 39.8 Å². The number of carbonyl (C=O) groups is 1. The maximum Gasteiger partial charge on any atom is 0.250 e. The third-order valence-corrected chi connectivity index (χ3v) is 6.54. The van der Waals surface area contributed by atoms with E-state index < -0.39 is 0 Å². The third-order valence-electron chi connectivity index (χ3n) is 4.36. The molecule has 0 aliphatic rings. The van der Waals surface area contributed by atoms with Crippen LogP contribution in [0.15, 0.2) is 88.3 Å². The summed E-state index contributed by atoms with van der Waals surface area (Å²) in [5.41, 5.74) is 7.67. The maximum absolute atomic E-state index is 12.1. The first kappa shape index (κ1) is 19.4. The van der Waals surface area contributed by atoms with Crippen LogP contribution in [0.5, 0.6) is 0 Å². The van der Waals surface area contributed by atoms with E-state index in [0.29, 0.717) is 0 Å². The van der Waals surface area contributed by atoms with Gasteiger partial charge in [0.15, 0.2) is 4.34 Å². The Kier molecular flexibility index (Phi) is 6.03. The smallest absolute Gasteiger partial charge is 0.250 e. The van der Waals surface area contributed by atoms with Gasteiger partial charge in [-0.1, -0.05) is 78.5 Å². The SMILES string of the molecule is C/C(=N\NC(=O)CSc1nc2ccccc2s1)c1ccc(-c2ccccc2)cc1. The van der Waals surface area contributed by atoms with Crippen LogP contribution in [0.4, 0.5) is 0 Å². The predicted octanol–water partition coefficient (Wildman–Crippen LogP) is 5.60. The number of thiazole rings is 1. The van der Waals surface area contributed by atoms with E-state index in [1.807, 2.05) is 61.5 Å². The molecular weight excluding hydrogens is 398 g/mol. The number of nitrogens with zero attached hydrogens (tertiary/aromatic N) is 2. The fourth-order valence-electron chi connectivity index (χ4n) is 2.82. The zero-order chi connectivity index (χ0) is 20.1. The fourth-order valence-corrected chi connectivity index (χ4v) is 4.68. The number of aromatic nitrogens is 1. The molecule has 0 aliphatic carbocycles. The Morgan fingerprint density at radius 1 is 0.966 bits per heavy atom. The number of fused-ring (bicyclic) bond motifs is 1. The molecule has 4 rings (SSSR count). The first-order valence-corrected chi connectivity index (χ1v) is 11.0. The summed E-state index contributed by atoms with van der Waals surface area (Å²) in [6, 6.07) is 26.4. The van der Waals surface area contributed by atoms with Crippen LogP contribution in [-0.2, 0) is 4.79 Å². The number of thioether (sulfide) groups is 1. The second kappa shape index (κ2) is 9.03. The van der Waals surface area contributed by atoms with Gasteiger partial charge in [0.2, 0.25) is 0 Å². The topological polar surface area (TPSA) is 54.4 Å². The van der Waals surface area contributed by atoms with Crippen molar-refractivity contribution in [1.29, 1.82) is 0 Å². The van der Waals surface area contributed by atoms with Crippen molar-refractivity contribution in [1.82, 2.24) is 10.4 Å². The van der Waals surface area contributed by atoms with Crippen molar-refractivity contribution in [2.75, 3.05) is 5.75 Å². The highest BCUT2D eigenvalue weighted by molar-refractivity contribution is 8.01. The molecule has 144 valence electrons. The number of para-hydroxylation sites is 1. The molecule has 0 spiro atoms. The van der Waals surface area contributed by atoms with Crippen LogP contribution in [0, 0.1) is 0 Å². The molecule has 0 saturated heterocycles. The summed E-state index contributed by atoms with van der Waals surface area (Å²) in [6.45, 7) is 1.89. The second-order valence-corrected chi connectivity index (χ2v) is 8.66. The first-order chi connectivity index (χ1) is 14.2. The number of hydrazone groups is 1. The molecular formula is C23H19N3OS2. The van der Waals surface area contributed by atoms with Gasteiger partial charge in [-0.05, 0) is 35.7 Å². The van der Waals surface area contributed by atoms with Crippen molar-refractivity contribution < 1.29 is 4.79 Å². The second-order valence-electron chi connectivity index (χ2n) is 6.41. The molecule has 0 unspecified atom stereocenters. The zero-order valence-corrected chi connectivity index (χ0v) is 17.5. The summed E-state index contributed by atoms with van der Waals surface area (Å²) in [5, 5.41) is 4.24. The van der Waals surface area contributed by atoms with Crippen LogP contribution in [0.2, 0.25) is 0 Å². The van der Waals surface area contributed by atoms with Crippen LogP contribution in [0.1, 0.15) is 12.5 Å². The van der Waals surface area contributed by atoms with E-state index >= 15 is 0 Å². The molecule has 3 aromatic carbocycles. The minimum Gasteiger partial charge on any atom is -0.272 e. The Balaban J connectivity index is 1.33. The Bertz CT molecular complexity index is 1120. The molecule has 0 saturated carbocycles. The van der Waals surface area contributed by atoms with E-state index in [-0.39, 0.29) is 11.7 Å². The lowest BCUT2D eigenvalue weighted by atomic mass is 10.0. The lowest BCUT2D eigenvalue weighted by molar-refractivity contribution is -0.118. The molecule has 1 amide bonds. The molecule has 4 nitrogen and oxygen atoms in total. The minimum absolute atomic E-state index is 0.144. The highest BCUT2D eigenvalue weighted by Crippen LogP contribution is 2.29. The number of amides is 1. The fraction of sp³-hybridized carbons (Fsp3) is 0.0870. The molecule has 29 heavy (non-hydrogen) atoms. The normalized spacial score (nSPS) is 11.6. The summed E-state index contributed by atoms with van der Waals surface area (Å²) in [6.07, 6.45) is 0. The molecule has 0 aliphatic heterocycles. The van der Waals surface area contributed by atoms with Crippen molar-refractivity contribution in [2.24, 2.45) is 5.10 Å². The average Bonchev–Trinajstić information content (AvgIpc) is 3.20. The third kappa shape index (κ3) is 4.91. The number of rotatable bonds is 6. The Hall–Kier alpha value is -2.96. The van der Waals surface area contributed by atoms with Gasteiger partial charge in [0.1, 0.15) is 0 Å². The summed E-state index contributed by atoms with van der Waals surface area (Å²) in [4.78, 5) is 16.7. The van der Waals surface area contributed by atoms with Crippen LogP contribution in [-0.4, -0.2) is 22.4 Å². The Morgan fingerprint density at radius 2 is 1.66 bits per heavy atom. The number of nitrogens with one attached hydrogen (secondary N) is 1. The molecule has 4 aromatic rings. The van der Waals surface area contributed by atoms with Gasteiger partial charge in [0, 0.05) is 0 Å². The Labute approximate surface area is 177 Å². The molecule has 1 aromatic heterocycles. The molecule has 0 radical (unpaired) electrons. The van der Waals surface area contributed by atoms with Crippen molar-refractivity contribution in [3.05, 3.63) is 84.4 Å². The van der Waals surface area contributed by atoms with E-state index in [1.165, 1.54) is 17.3 Å². The predicted molar refractivity (Wildman–Crippen MR) is 123 cm³/mol.